The molecule has 234 valence electrons. The van der Waals surface area contributed by atoms with E-state index >= 15 is 0 Å². The summed E-state index contributed by atoms with van der Waals surface area (Å²) in [6.07, 6.45) is 1.96. The van der Waals surface area contributed by atoms with Crippen LogP contribution in [-0.4, -0.2) is 4.98 Å². The number of aromatic nitrogens is 1. The fourth-order valence-corrected chi connectivity index (χ4v) is 7.23. The van der Waals surface area contributed by atoms with Gasteiger partial charge in [0.15, 0.2) is 0 Å². The molecule has 0 unspecified atom stereocenters. The molecule has 10 aromatic rings. The highest BCUT2D eigenvalue weighted by Gasteiger charge is 2.17. The molecule has 3 nitrogen and oxygen atoms in total. The maximum Gasteiger partial charge on any atom is 0.138 e. The number of para-hydroxylation sites is 1. The number of hydrogen-bond acceptors (Lipinski definition) is 3. The minimum absolute atomic E-state index is 0.849. The van der Waals surface area contributed by atoms with Crippen molar-refractivity contribution in [2.75, 3.05) is 4.90 Å². The van der Waals surface area contributed by atoms with Crippen LogP contribution in [0.3, 0.4) is 0 Å². The van der Waals surface area contributed by atoms with E-state index in [9.17, 15) is 0 Å². The molecule has 2 heterocycles. The predicted octanol–water partition coefficient (Wildman–Crippen LogP) is 13.2. The smallest absolute Gasteiger partial charge is 0.138 e. The minimum Gasteiger partial charge on any atom is -0.456 e. The van der Waals surface area contributed by atoms with E-state index in [0.717, 1.165) is 49.9 Å². The zero-order valence-corrected chi connectivity index (χ0v) is 27.1. The molecule has 0 aliphatic rings. The highest BCUT2D eigenvalue weighted by atomic mass is 16.3. The third kappa shape index (κ3) is 4.87. The number of nitrogens with zero attached hydrogens (tertiary/aromatic N) is 2. The van der Waals surface area contributed by atoms with Gasteiger partial charge in [0.05, 0.1) is 0 Å². The molecule has 0 N–H and O–H groups in total. The largest absolute Gasteiger partial charge is 0.456 e. The normalized spacial score (nSPS) is 11.6. The summed E-state index contributed by atoms with van der Waals surface area (Å²) < 4.78 is 6.18. The van der Waals surface area contributed by atoms with Crippen molar-refractivity contribution in [3.05, 3.63) is 182 Å². The molecule has 0 atom stereocenters. The first-order valence-corrected chi connectivity index (χ1v) is 16.9. The van der Waals surface area contributed by atoms with Crippen molar-refractivity contribution in [3.63, 3.8) is 0 Å². The quantitative estimate of drug-likeness (QED) is 0.188. The molecule has 0 spiro atoms. The summed E-state index contributed by atoms with van der Waals surface area (Å²) >= 11 is 0. The molecule has 0 amide bonds. The van der Waals surface area contributed by atoms with Crippen LogP contribution in [0, 0.1) is 0 Å². The van der Waals surface area contributed by atoms with Gasteiger partial charge >= 0.3 is 0 Å². The number of anilines is 3. The second-order valence-electron chi connectivity index (χ2n) is 12.9. The summed E-state index contributed by atoms with van der Waals surface area (Å²) in [5, 5.41) is 9.34. The molecule has 0 saturated heterocycles. The van der Waals surface area contributed by atoms with Crippen molar-refractivity contribution in [1.29, 1.82) is 0 Å². The Kier molecular flexibility index (Phi) is 6.49. The Hall–Kier alpha value is -6.71. The number of fused-ring (bicyclic) bond motifs is 6. The van der Waals surface area contributed by atoms with Crippen LogP contribution in [0.4, 0.5) is 17.2 Å². The Balaban J connectivity index is 1.08. The molecule has 3 heteroatoms. The summed E-state index contributed by atoms with van der Waals surface area (Å²) in [4.78, 5) is 7.28. The fourth-order valence-electron chi connectivity index (χ4n) is 7.23. The standard InChI is InChI=1S/C47H30N2O/c1-3-9-35-25-37(15-13-31(35)7-1)33-17-21-41(22-18-33)49(42-23-19-34(20-24-42)38-16-14-32-8-2-4-10-36(32)26-38)47-29-39-27-44-43-11-5-6-12-45(43)50-46(44)28-40(39)30-48-47/h1-30H. The molecular weight excluding hydrogens is 609 g/mol. The fraction of sp³-hybridized carbons (Fsp3) is 0. The third-order valence-electron chi connectivity index (χ3n) is 9.85. The average molecular weight is 639 g/mol. The molecule has 50 heavy (non-hydrogen) atoms. The van der Waals surface area contributed by atoms with Crippen LogP contribution in [0.15, 0.2) is 187 Å². The summed E-state index contributed by atoms with van der Waals surface area (Å²) in [5.41, 5.74) is 8.58. The van der Waals surface area contributed by atoms with Gasteiger partial charge in [-0.15, -0.1) is 0 Å². The molecular formula is C47H30N2O. The van der Waals surface area contributed by atoms with Gasteiger partial charge in [-0.2, -0.15) is 0 Å². The van der Waals surface area contributed by atoms with E-state index in [2.05, 4.69) is 169 Å². The highest BCUT2D eigenvalue weighted by molar-refractivity contribution is 6.10. The Labute approximate surface area is 289 Å². The number of hydrogen-bond donors (Lipinski definition) is 0. The van der Waals surface area contributed by atoms with E-state index in [1.165, 1.54) is 43.8 Å². The van der Waals surface area contributed by atoms with Gasteiger partial charge in [0.25, 0.3) is 0 Å². The molecule has 8 aromatic carbocycles. The maximum atomic E-state index is 6.18. The molecule has 0 fully saturated rings. The van der Waals surface area contributed by atoms with Gasteiger partial charge in [-0.3, -0.25) is 4.90 Å². The van der Waals surface area contributed by atoms with E-state index in [0.29, 0.717) is 0 Å². The van der Waals surface area contributed by atoms with E-state index in [-0.39, 0.29) is 0 Å². The Morgan fingerprint density at radius 1 is 0.360 bits per heavy atom. The van der Waals surface area contributed by atoms with Crippen LogP contribution >= 0.6 is 0 Å². The van der Waals surface area contributed by atoms with E-state index in [1.54, 1.807) is 0 Å². The van der Waals surface area contributed by atoms with Gasteiger partial charge in [0.2, 0.25) is 0 Å². The predicted molar refractivity (Wildman–Crippen MR) is 210 cm³/mol. The van der Waals surface area contributed by atoms with Gasteiger partial charge in [-0.1, -0.05) is 115 Å². The molecule has 0 bridgehead atoms. The van der Waals surface area contributed by atoms with Crippen LogP contribution < -0.4 is 4.90 Å². The minimum atomic E-state index is 0.849. The maximum absolute atomic E-state index is 6.18. The topological polar surface area (TPSA) is 29.3 Å². The number of benzene rings is 8. The van der Waals surface area contributed by atoms with Gasteiger partial charge in [0.1, 0.15) is 17.0 Å². The van der Waals surface area contributed by atoms with Gasteiger partial charge in [-0.05, 0) is 110 Å². The van der Waals surface area contributed by atoms with Crippen LogP contribution in [0.1, 0.15) is 0 Å². The van der Waals surface area contributed by atoms with Crippen LogP contribution in [0.2, 0.25) is 0 Å². The van der Waals surface area contributed by atoms with Crippen molar-refractivity contribution in [1.82, 2.24) is 4.98 Å². The highest BCUT2D eigenvalue weighted by Crippen LogP contribution is 2.39. The van der Waals surface area contributed by atoms with Crippen molar-refractivity contribution < 1.29 is 4.42 Å². The Morgan fingerprint density at radius 3 is 1.52 bits per heavy atom. The number of furan rings is 1. The van der Waals surface area contributed by atoms with Crippen LogP contribution in [-0.2, 0) is 0 Å². The van der Waals surface area contributed by atoms with E-state index in [4.69, 9.17) is 9.40 Å². The van der Waals surface area contributed by atoms with Gasteiger partial charge in [0, 0.05) is 33.7 Å². The molecule has 0 radical (unpaired) electrons. The second kappa shape index (κ2) is 11.5. The number of rotatable bonds is 5. The lowest BCUT2D eigenvalue weighted by Crippen LogP contribution is -2.11. The molecule has 0 aliphatic heterocycles. The first-order chi connectivity index (χ1) is 24.7. The van der Waals surface area contributed by atoms with Crippen molar-refractivity contribution in [2.45, 2.75) is 0 Å². The lowest BCUT2D eigenvalue weighted by atomic mass is 10.00. The van der Waals surface area contributed by atoms with Crippen LogP contribution in [0.5, 0.6) is 0 Å². The molecule has 10 rings (SSSR count). The van der Waals surface area contributed by atoms with Gasteiger partial charge < -0.3 is 4.42 Å². The molecule has 2 aromatic heterocycles. The summed E-state index contributed by atoms with van der Waals surface area (Å²) in [7, 11) is 0. The first-order valence-electron chi connectivity index (χ1n) is 16.9. The lowest BCUT2D eigenvalue weighted by molar-refractivity contribution is 0.669. The van der Waals surface area contributed by atoms with E-state index < -0.39 is 0 Å². The summed E-state index contributed by atoms with van der Waals surface area (Å²) in [6.45, 7) is 0. The summed E-state index contributed by atoms with van der Waals surface area (Å²) in [5.74, 6) is 0.849. The SMILES string of the molecule is c1ccc2cc(-c3ccc(N(c4ccc(-c5ccc6ccccc6c5)cc4)c4cc5cc6c(cc5cn4)oc4ccccc46)cc3)ccc2c1. The first kappa shape index (κ1) is 28.3. The van der Waals surface area contributed by atoms with Crippen molar-refractivity contribution >= 4 is 71.4 Å². The second-order valence-corrected chi connectivity index (χ2v) is 12.9. The zero-order valence-electron chi connectivity index (χ0n) is 27.1. The Bertz CT molecular complexity index is 2750. The van der Waals surface area contributed by atoms with Crippen LogP contribution in [0.25, 0.3) is 76.5 Å². The lowest BCUT2D eigenvalue weighted by Gasteiger charge is -2.25. The molecule has 0 saturated carbocycles. The number of pyridine rings is 1. The molecule has 0 aliphatic carbocycles. The van der Waals surface area contributed by atoms with Crippen molar-refractivity contribution in [2.24, 2.45) is 0 Å². The van der Waals surface area contributed by atoms with Crippen molar-refractivity contribution in [3.8, 4) is 22.3 Å². The summed E-state index contributed by atoms with van der Waals surface area (Å²) in [6, 6.07) is 62.6. The third-order valence-corrected chi connectivity index (χ3v) is 9.85. The average Bonchev–Trinajstić information content (AvgIpc) is 3.54. The van der Waals surface area contributed by atoms with E-state index in [1.807, 2.05) is 18.3 Å². The van der Waals surface area contributed by atoms with Gasteiger partial charge in [-0.25, -0.2) is 4.98 Å². The zero-order chi connectivity index (χ0) is 33.0. The monoisotopic (exact) mass is 638 g/mol. The Morgan fingerprint density at radius 2 is 0.900 bits per heavy atom.